The molecule has 0 unspecified atom stereocenters. The van der Waals surface area contributed by atoms with Crippen LogP contribution in [0.25, 0.3) is 0 Å². The summed E-state index contributed by atoms with van der Waals surface area (Å²) in [6.45, 7) is 3.52. The lowest BCUT2D eigenvalue weighted by molar-refractivity contribution is -0.384. The molecule has 0 aliphatic heterocycles. The summed E-state index contributed by atoms with van der Waals surface area (Å²) >= 11 is 11.9. The zero-order valence-corrected chi connectivity index (χ0v) is 16.5. The predicted octanol–water partition coefficient (Wildman–Crippen LogP) is 4.04. The summed E-state index contributed by atoms with van der Waals surface area (Å²) in [4.78, 5) is 35.0. The maximum atomic E-state index is 12.7. The van der Waals surface area contributed by atoms with Crippen molar-refractivity contribution in [1.29, 1.82) is 0 Å². The van der Waals surface area contributed by atoms with Gasteiger partial charge in [-0.2, -0.15) is 0 Å². The summed E-state index contributed by atoms with van der Waals surface area (Å²) in [6, 6.07) is 6.89. The quantitative estimate of drug-likeness (QED) is 0.311. The number of anilines is 1. The van der Waals surface area contributed by atoms with Crippen LogP contribution in [-0.4, -0.2) is 22.8 Å². The lowest BCUT2D eigenvalue weighted by Crippen LogP contribution is -2.38. The summed E-state index contributed by atoms with van der Waals surface area (Å²) in [5.74, 6) is -1.55. The Hall–Kier alpha value is -2.68. The smallest absolute Gasteiger partial charge is 0.328 e. The molecule has 2 aromatic carbocycles. The Balaban J connectivity index is 2.29. The number of ether oxygens (including phenoxy) is 1. The van der Waals surface area contributed by atoms with Gasteiger partial charge in [0, 0.05) is 17.2 Å². The van der Waals surface area contributed by atoms with Crippen molar-refractivity contribution in [1.82, 2.24) is 0 Å². The van der Waals surface area contributed by atoms with Crippen LogP contribution in [-0.2, 0) is 4.79 Å². The molecule has 0 aromatic heterocycles. The Morgan fingerprint density at radius 1 is 1.18 bits per heavy atom. The van der Waals surface area contributed by atoms with E-state index < -0.39 is 22.8 Å². The van der Waals surface area contributed by atoms with E-state index in [0.29, 0.717) is 0 Å². The molecule has 0 fully saturated rings. The molecule has 0 aliphatic rings. The van der Waals surface area contributed by atoms with E-state index in [9.17, 15) is 19.7 Å². The average molecular weight is 426 g/mol. The minimum absolute atomic E-state index is 0.0220. The molecule has 28 heavy (non-hydrogen) atoms. The van der Waals surface area contributed by atoms with Gasteiger partial charge in [-0.3, -0.25) is 14.9 Å². The maximum Gasteiger partial charge on any atom is 0.328 e. The highest BCUT2D eigenvalue weighted by molar-refractivity contribution is 6.34. The molecule has 0 saturated carbocycles. The lowest BCUT2D eigenvalue weighted by atomic mass is 10.1. The third-order valence-electron chi connectivity index (χ3n) is 3.80. The van der Waals surface area contributed by atoms with Crippen LogP contribution in [0, 0.1) is 16.0 Å². The molecule has 2 rings (SSSR count). The van der Waals surface area contributed by atoms with Gasteiger partial charge in [0.2, 0.25) is 0 Å². The van der Waals surface area contributed by atoms with Crippen molar-refractivity contribution in [2.75, 3.05) is 5.32 Å². The highest BCUT2D eigenvalue weighted by Crippen LogP contribution is 2.29. The molecule has 1 amide bonds. The molecule has 0 bridgehead atoms. The SMILES string of the molecule is CC(C)[C@H](N)C(=O)Oc1ccc(Cl)cc1C(=O)Nc1ccc([N+](=O)[O-])cc1Cl. The van der Waals surface area contributed by atoms with Crippen LogP contribution in [0.3, 0.4) is 0 Å². The second-order valence-electron chi connectivity index (χ2n) is 6.21. The molecule has 2 aromatic rings. The van der Waals surface area contributed by atoms with E-state index in [0.717, 1.165) is 6.07 Å². The molecule has 1 atom stereocenters. The van der Waals surface area contributed by atoms with Crippen molar-refractivity contribution in [3.05, 3.63) is 62.1 Å². The van der Waals surface area contributed by atoms with Crippen molar-refractivity contribution in [3.8, 4) is 5.75 Å². The van der Waals surface area contributed by atoms with Gasteiger partial charge < -0.3 is 15.8 Å². The van der Waals surface area contributed by atoms with Gasteiger partial charge in [-0.15, -0.1) is 0 Å². The fourth-order valence-corrected chi connectivity index (χ4v) is 2.52. The van der Waals surface area contributed by atoms with Crippen molar-refractivity contribution < 1.29 is 19.2 Å². The second-order valence-corrected chi connectivity index (χ2v) is 7.05. The Bertz CT molecular complexity index is 933. The van der Waals surface area contributed by atoms with Crippen LogP contribution in [0.5, 0.6) is 5.75 Å². The number of carbonyl (C=O) groups excluding carboxylic acids is 2. The van der Waals surface area contributed by atoms with Gasteiger partial charge in [0.25, 0.3) is 11.6 Å². The first-order chi connectivity index (χ1) is 13.1. The molecular weight excluding hydrogens is 409 g/mol. The summed E-state index contributed by atoms with van der Waals surface area (Å²) in [5, 5.41) is 13.5. The Kier molecular flexibility index (Phi) is 6.95. The monoisotopic (exact) mass is 425 g/mol. The number of esters is 1. The van der Waals surface area contributed by atoms with Gasteiger partial charge in [0.1, 0.15) is 11.8 Å². The van der Waals surface area contributed by atoms with Crippen molar-refractivity contribution in [2.45, 2.75) is 19.9 Å². The maximum absolute atomic E-state index is 12.7. The van der Waals surface area contributed by atoms with E-state index in [1.54, 1.807) is 13.8 Å². The Labute approximate surface area is 170 Å². The molecule has 0 heterocycles. The zero-order valence-electron chi connectivity index (χ0n) is 14.9. The van der Waals surface area contributed by atoms with Crippen molar-refractivity contribution in [2.24, 2.45) is 11.7 Å². The summed E-state index contributed by atoms with van der Waals surface area (Å²) in [7, 11) is 0. The molecular formula is C18H17Cl2N3O5. The first-order valence-electron chi connectivity index (χ1n) is 8.12. The fourth-order valence-electron chi connectivity index (χ4n) is 2.13. The lowest BCUT2D eigenvalue weighted by Gasteiger charge is -2.16. The predicted molar refractivity (Wildman–Crippen MR) is 106 cm³/mol. The molecule has 3 N–H and O–H groups in total. The number of benzene rings is 2. The number of nitrogens with two attached hydrogens (primary N) is 1. The van der Waals surface area contributed by atoms with Crippen molar-refractivity contribution in [3.63, 3.8) is 0 Å². The normalized spacial score (nSPS) is 11.8. The van der Waals surface area contributed by atoms with Crippen LogP contribution in [0.1, 0.15) is 24.2 Å². The van der Waals surface area contributed by atoms with Gasteiger partial charge in [0.15, 0.2) is 0 Å². The number of non-ortho nitro benzene ring substituents is 1. The average Bonchev–Trinajstić information content (AvgIpc) is 2.63. The minimum Gasteiger partial charge on any atom is -0.425 e. The third kappa shape index (κ3) is 5.19. The number of nitrogens with one attached hydrogen (secondary N) is 1. The first kappa shape index (κ1) is 21.6. The fraction of sp³-hybridized carbons (Fsp3) is 0.222. The highest BCUT2D eigenvalue weighted by atomic mass is 35.5. The van der Waals surface area contributed by atoms with E-state index in [-0.39, 0.29) is 38.7 Å². The van der Waals surface area contributed by atoms with Crippen LogP contribution in [0.2, 0.25) is 10.0 Å². The number of carbonyl (C=O) groups is 2. The summed E-state index contributed by atoms with van der Waals surface area (Å²) in [6.07, 6.45) is 0. The number of hydrogen-bond donors (Lipinski definition) is 2. The molecule has 0 aliphatic carbocycles. The molecule has 8 nitrogen and oxygen atoms in total. The number of amides is 1. The van der Waals surface area contributed by atoms with Crippen LogP contribution in [0.15, 0.2) is 36.4 Å². The number of nitro benzene ring substituents is 1. The molecule has 0 radical (unpaired) electrons. The number of nitro groups is 1. The van der Waals surface area contributed by atoms with E-state index in [2.05, 4.69) is 5.32 Å². The topological polar surface area (TPSA) is 125 Å². The van der Waals surface area contributed by atoms with Gasteiger partial charge in [-0.1, -0.05) is 37.0 Å². The van der Waals surface area contributed by atoms with Crippen molar-refractivity contribution >= 4 is 46.5 Å². The zero-order chi connectivity index (χ0) is 21.0. The van der Waals surface area contributed by atoms with Gasteiger partial charge in [0.05, 0.1) is 21.2 Å². The Morgan fingerprint density at radius 2 is 1.86 bits per heavy atom. The first-order valence-corrected chi connectivity index (χ1v) is 8.88. The minimum atomic E-state index is -0.865. The number of hydrogen-bond acceptors (Lipinski definition) is 6. The van der Waals surface area contributed by atoms with Crippen LogP contribution >= 0.6 is 23.2 Å². The number of halogens is 2. The number of nitrogens with zero attached hydrogens (tertiary/aromatic N) is 1. The second kappa shape index (κ2) is 9.01. The van der Waals surface area contributed by atoms with Gasteiger partial charge in [-0.05, 0) is 30.2 Å². The van der Waals surface area contributed by atoms with E-state index >= 15 is 0 Å². The van der Waals surface area contributed by atoms with Gasteiger partial charge >= 0.3 is 5.97 Å². The standard InChI is InChI=1S/C18H17Cl2N3O5/c1-9(2)16(21)18(25)28-15-6-3-10(19)7-12(15)17(24)22-14-5-4-11(23(26)27)8-13(14)20/h3-9,16H,21H2,1-2H3,(H,22,24)/t16-/m0/s1. The highest BCUT2D eigenvalue weighted by Gasteiger charge is 2.23. The van der Waals surface area contributed by atoms with Crippen LogP contribution in [0.4, 0.5) is 11.4 Å². The summed E-state index contributed by atoms with van der Waals surface area (Å²) < 4.78 is 5.26. The van der Waals surface area contributed by atoms with E-state index in [4.69, 9.17) is 33.7 Å². The molecule has 0 spiro atoms. The van der Waals surface area contributed by atoms with Crippen LogP contribution < -0.4 is 15.8 Å². The largest absolute Gasteiger partial charge is 0.425 e. The van der Waals surface area contributed by atoms with E-state index in [1.165, 1.54) is 30.3 Å². The third-order valence-corrected chi connectivity index (χ3v) is 4.35. The molecule has 148 valence electrons. The number of rotatable bonds is 6. The Morgan fingerprint density at radius 3 is 2.43 bits per heavy atom. The molecule has 10 heteroatoms. The van der Waals surface area contributed by atoms with Gasteiger partial charge in [-0.25, -0.2) is 4.79 Å². The summed E-state index contributed by atoms with van der Waals surface area (Å²) in [5.41, 5.74) is 5.68. The van der Waals surface area contributed by atoms with E-state index in [1.807, 2.05) is 0 Å². The molecule has 0 saturated heterocycles.